The third-order valence-electron chi connectivity index (χ3n) is 4.24. The predicted molar refractivity (Wildman–Crippen MR) is 67.8 cm³/mol. The van der Waals surface area contributed by atoms with Gasteiger partial charge in [-0.25, -0.2) is 4.79 Å². The number of esters is 1. The van der Waals surface area contributed by atoms with Crippen molar-refractivity contribution in [3.63, 3.8) is 0 Å². The Labute approximate surface area is 108 Å². The highest BCUT2D eigenvalue weighted by Gasteiger charge is 2.38. The highest BCUT2D eigenvalue weighted by Crippen LogP contribution is 2.35. The van der Waals surface area contributed by atoms with E-state index in [9.17, 15) is 9.59 Å². The van der Waals surface area contributed by atoms with Crippen molar-refractivity contribution in [2.75, 3.05) is 0 Å². The smallest absolute Gasteiger partial charge is 0.329 e. The lowest BCUT2D eigenvalue weighted by molar-refractivity contribution is -0.163. The van der Waals surface area contributed by atoms with Gasteiger partial charge in [-0.05, 0) is 30.6 Å². The first-order chi connectivity index (χ1) is 8.47. The quantitative estimate of drug-likeness (QED) is 0.617. The Kier molecular flexibility index (Phi) is 3.93. The van der Waals surface area contributed by atoms with E-state index in [0.29, 0.717) is 17.8 Å². The van der Waals surface area contributed by atoms with Crippen molar-refractivity contribution in [1.82, 2.24) is 5.32 Å². The van der Waals surface area contributed by atoms with Gasteiger partial charge in [0.25, 0.3) is 0 Å². The van der Waals surface area contributed by atoms with Crippen LogP contribution in [0.3, 0.4) is 0 Å². The van der Waals surface area contributed by atoms with Gasteiger partial charge >= 0.3 is 5.97 Å². The number of β-lactam (4-membered cyclic amide) rings is 1. The fraction of sp³-hybridized carbons (Fsp3) is 0.857. The first kappa shape index (κ1) is 13.4. The van der Waals surface area contributed by atoms with E-state index in [1.165, 1.54) is 6.42 Å². The van der Waals surface area contributed by atoms with Crippen molar-refractivity contribution < 1.29 is 14.3 Å². The number of hydrogen-bond donors (Lipinski definition) is 1. The van der Waals surface area contributed by atoms with E-state index in [1.807, 2.05) is 0 Å². The van der Waals surface area contributed by atoms with Crippen LogP contribution in [0.4, 0.5) is 0 Å². The fourth-order valence-corrected chi connectivity index (χ4v) is 2.98. The van der Waals surface area contributed by atoms with Crippen LogP contribution in [0.25, 0.3) is 0 Å². The standard InChI is InChI=1S/C14H23NO3/c1-8(2)10-5-4-9(3)6-12(10)18-14(17)11-7-13(16)15-11/h8-12H,4-7H2,1-3H3,(H,15,16)/t9-,10+,11+,12-/m1/s1. The molecule has 18 heavy (non-hydrogen) atoms. The molecule has 0 aromatic carbocycles. The van der Waals surface area contributed by atoms with Gasteiger partial charge in [0.1, 0.15) is 12.1 Å². The van der Waals surface area contributed by atoms with Crippen molar-refractivity contribution in [1.29, 1.82) is 0 Å². The van der Waals surface area contributed by atoms with Gasteiger partial charge in [-0.2, -0.15) is 0 Å². The minimum Gasteiger partial charge on any atom is -0.461 e. The Morgan fingerprint density at radius 3 is 2.61 bits per heavy atom. The number of carbonyl (C=O) groups excluding carboxylic acids is 2. The lowest BCUT2D eigenvalue weighted by atomic mass is 9.75. The van der Waals surface area contributed by atoms with Crippen molar-refractivity contribution in [2.24, 2.45) is 17.8 Å². The second kappa shape index (κ2) is 5.29. The van der Waals surface area contributed by atoms with E-state index < -0.39 is 6.04 Å². The minimum absolute atomic E-state index is 0.0266. The van der Waals surface area contributed by atoms with Crippen molar-refractivity contribution in [2.45, 2.75) is 58.6 Å². The summed E-state index contributed by atoms with van der Waals surface area (Å²) < 4.78 is 5.63. The Hall–Kier alpha value is -1.06. The van der Waals surface area contributed by atoms with E-state index in [1.54, 1.807) is 0 Å². The molecule has 102 valence electrons. The summed E-state index contributed by atoms with van der Waals surface area (Å²) in [6.45, 7) is 6.59. The molecule has 4 atom stereocenters. The molecule has 0 radical (unpaired) electrons. The first-order valence-electron chi connectivity index (χ1n) is 6.97. The Morgan fingerprint density at radius 2 is 2.06 bits per heavy atom. The molecule has 1 saturated carbocycles. The van der Waals surface area contributed by atoms with Crippen molar-refractivity contribution in [3.05, 3.63) is 0 Å². The summed E-state index contributed by atoms with van der Waals surface area (Å²) in [5, 5.41) is 2.57. The molecule has 0 aromatic heterocycles. The van der Waals surface area contributed by atoms with Gasteiger partial charge in [-0.3, -0.25) is 4.79 Å². The number of amides is 1. The minimum atomic E-state index is -0.400. The molecule has 1 N–H and O–H groups in total. The highest BCUT2D eigenvalue weighted by atomic mass is 16.5. The molecule has 1 amide bonds. The largest absolute Gasteiger partial charge is 0.461 e. The van der Waals surface area contributed by atoms with Crippen LogP contribution in [-0.4, -0.2) is 24.0 Å². The Balaban J connectivity index is 1.91. The normalized spacial score (nSPS) is 35.9. The van der Waals surface area contributed by atoms with Crippen LogP contribution in [0, 0.1) is 17.8 Å². The molecule has 4 heteroatoms. The zero-order valence-corrected chi connectivity index (χ0v) is 11.4. The third kappa shape index (κ3) is 2.85. The molecule has 0 bridgehead atoms. The molecular formula is C14H23NO3. The molecule has 1 aliphatic carbocycles. The van der Waals surface area contributed by atoms with Gasteiger partial charge in [0.15, 0.2) is 0 Å². The average molecular weight is 253 g/mol. The lowest BCUT2D eigenvalue weighted by Crippen LogP contribution is -2.55. The summed E-state index contributed by atoms with van der Waals surface area (Å²) in [6.07, 6.45) is 3.62. The molecule has 2 aliphatic rings. The summed E-state index contributed by atoms with van der Waals surface area (Å²) in [7, 11) is 0. The van der Waals surface area contributed by atoms with Crippen LogP contribution >= 0.6 is 0 Å². The SMILES string of the molecule is CC(C)[C@@H]1CC[C@@H](C)C[C@H]1OC(=O)[C@@H]1CC(=O)N1. The van der Waals surface area contributed by atoms with E-state index >= 15 is 0 Å². The molecule has 0 spiro atoms. The summed E-state index contributed by atoms with van der Waals surface area (Å²) in [5.74, 6) is 1.30. The van der Waals surface area contributed by atoms with Crippen LogP contribution in [-0.2, 0) is 14.3 Å². The molecular weight excluding hydrogens is 230 g/mol. The topological polar surface area (TPSA) is 55.4 Å². The molecule has 1 saturated heterocycles. The monoisotopic (exact) mass is 253 g/mol. The summed E-state index contributed by atoms with van der Waals surface area (Å²) in [5.41, 5.74) is 0. The second-order valence-corrected chi connectivity index (χ2v) is 6.13. The van der Waals surface area contributed by atoms with Gasteiger partial charge in [-0.1, -0.05) is 27.2 Å². The zero-order chi connectivity index (χ0) is 13.3. The summed E-state index contributed by atoms with van der Waals surface area (Å²) in [6, 6.07) is -0.400. The summed E-state index contributed by atoms with van der Waals surface area (Å²) >= 11 is 0. The van der Waals surface area contributed by atoms with Crippen LogP contribution in [0.1, 0.15) is 46.5 Å². The van der Waals surface area contributed by atoms with Crippen LogP contribution in [0.15, 0.2) is 0 Å². The zero-order valence-electron chi connectivity index (χ0n) is 11.4. The van der Waals surface area contributed by atoms with E-state index in [-0.39, 0.29) is 24.4 Å². The van der Waals surface area contributed by atoms with Gasteiger partial charge in [0, 0.05) is 0 Å². The Morgan fingerprint density at radius 1 is 1.39 bits per heavy atom. The maximum Gasteiger partial charge on any atom is 0.329 e. The Bertz CT molecular complexity index is 332. The third-order valence-corrected chi connectivity index (χ3v) is 4.24. The van der Waals surface area contributed by atoms with Gasteiger partial charge in [-0.15, -0.1) is 0 Å². The number of hydrogen-bond acceptors (Lipinski definition) is 3. The molecule has 2 fully saturated rings. The predicted octanol–water partition coefficient (Wildman–Crippen LogP) is 1.88. The van der Waals surface area contributed by atoms with Crippen LogP contribution in [0.2, 0.25) is 0 Å². The van der Waals surface area contributed by atoms with Crippen molar-refractivity contribution >= 4 is 11.9 Å². The number of nitrogens with one attached hydrogen (secondary N) is 1. The van der Waals surface area contributed by atoms with Crippen LogP contribution in [0.5, 0.6) is 0 Å². The average Bonchev–Trinajstić information content (AvgIpc) is 2.24. The van der Waals surface area contributed by atoms with Crippen LogP contribution < -0.4 is 5.32 Å². The first-order valence-corrected chi connectivity index (χ1v) is 6.97. The maximum atomic E-state index is 11.9. The lowest BCUT2D eigenvalue weighted by Gasteiger charge is -2.38. The molecule has 0 unspecified atom stereocenters. The van der Waals surface area contributed by atoms with Crippen molar-refractivity contribution in [3.8, 4) is 0 Å². The second-order valence-electron chi connectivity index (χ2n) is 6.13. The van der Waals surface area contributed by atoms with Gasteiger partial charge in [0.05, 0.1) is 6.42 Å². The number of ether oxygens (including phenoxy) is 1. The van der Waals surface area contributed by atoms with E-state index in [2.05, 4.69) is 26.1 Å². The van der Waals surface area contributed by atoms with E-state index in [0.717, 1.165) is 12.8 Å². The maximum absolute atomic E-state index is 11.9. The molecule has 1 heterocycles. The number of rotatable bonds is 3. The van der Waals surface area contributed by atoms with Gasteiger partial charge < -0.3 is 10.1 Å². The fourth-order valence-electron chi connectivity index (χ4n) is 2.98. The van der Waals surface area contributed by atoms with E-state index in [4.69, 9.17) is 4.74 Å². The summed E-state index contributed by atoms with van der Waals surface area (Å²) in [4.78, 5) is 22.7. The molecule has 1 aliphatic heterocycles. The molecule has 0 aromatic rings. The number of carbonyl (C=O) groups is 2. The molecule has 2 rings (SSSR count). The highest BCUT2D eigenvalue weighted by molar-refractivity contribution is 5.94. The van der Waals surface area contributed by atoms with Gasteiger partial charge in [0.2, 0.25) is 5.91 Å². The molecule has 4 nitrogen and oxygen atoms in total.